The highest BCUT2D eigenvalue weighted by molar-refractivity contribution is 9.10. The van der Waals surface area contributed by atoms with Gasteiger partial charge in [-0.15, -0.1) is 11.6 Å². The summed E-state index contributed by atoms with van der Waals surface area (Å²) < 4.78 is 26.4. The molecule has 0 heterocycles. The van der Waals surface area contributed by atoms with E-state index in [4.69, 9.17) is 11.6 Å². The molecule has 0 atom stereocenters. The number of carbonyl (C=O) groups is 1. The zero-order valence-electron chi connectivity index (χ0n) is 8.20. The van der Waals surface area contributed by atoms with Crippen molar-refractivity contribution in [2.24, 2.45) is 0 Å². The molecule has 1 aromatic carbocycles. The van der Waals surface area contributed by atoms with E-state index in [0.29, 0.717) is 12.3 Å². The first kappa shape index (κ1) is 13.4. The fourth-order valence-corrected chi connectivity index (χ4v) is 1.51. The van der Waals surface area contributed by atoms with Gasteiger partial charge in [0, 0.05) is 18.4 Å². The lowest BCUT2D eigenvalue weighted by Gasteiger charge is -2.06. The molecule has 0 unspecified atom stereocenters. The van der Waals surface area contributed by atoms with Crippen LogP contribution in [0.15, 0.2) is 16.6 Å². The fourth-order valence-electron chi connectivity index (χ4n) is 1.06. The van der Waals surface area contributed by atoms with Gasteiger partial charge in [0.05, 0.1) is 10.2 Å². The van der Waals surface area contributed by atoms with E-state index in [9.17, 15) is 13.6 Å². The van der Waals surface area contributed by atoms with E-state index in [1.165, 1.54) is 0 Å². The summed E-state index contributed by atoms with van der Waals surface area (Å²) in [5.41, 5.74) is -0.166. The van der Waals surface area contributed by atoms with Gasteiger partial charge in [0.25, 0.3) is 0 Å². The molecule has 1 N–H and O–H groups in total. The lowest BCUT2D eigenvalue weighted by molar-refractivity contribution is -0.116. The Morgan fingerprint density at radius 1 is 1.38 bits per heavy atom. The van der Waals surface area contributed by atoms with Crippen LogP contribution in [0.1, 0.15) is 12.8 Å². The number of alkyl halides is 1. The van der Waals surface area contributed by atoms with E-state index in [2.05, 4.69) is 21.2 Å². The van der Waals surface area contributed by atoms with Gasteiger partial charge in [-0.3, -0.25) is 4.79 Å². The van der Waals surface area contributed by atoms with Crippen LogP contribution in [0.3, 0.4) is 0 Å². The third-order valence-electron chi connectivity index (χ3n) is 1.82. The highest BCUT2D eigenvalue weighted by Gasteiger charge is 2.10. The van der Waals surface area contributed by atoms with Crippen molar-refractivity contribution in [1.82, 2.24) is 0 Å². The number of benzene rings is 1. The Hall–Kier alpha value is -0.680. The molecule has 0 spiro atoms. The van der Waals surface area contributed by atoms with Crippen molar-refractivity contribution in [3.05, 3.63) is 28.2 Å². The first-order valence-corrected chi connectivity index (χ1v) is 5.87. The Kier molecular flexibility index (Phi) is 5.15. The van der Waals surface area contributed by atoms with Crippen LogP contribution in [0, 0.1) is 11.6 Å². The summed E-state index contributed by atoms with van der Waals surface area (Å²) >= 11 is 8.25. The number of rotatable bonds is 4. The third-order valence-corrected chi connectivity index (χ3v) is 2.70. The molecule has 0 bridgehead atoms. The SMILES string of the molecule is O=C(CCCCl)Nc1cc(F)c(Br)cc1F. The first-order chi connectivity index (χ1) is 7.54. The van der Waals surface area contributed by atoms with Crippen molar-refractivity contribution in [1.29, 1.82) is 0 Å². The number of hydrogen-bond acceptors (Lipinski definition) is 1. The highest BCUT2D eigenvalue weighted by Crippen LogP contribution is 2.23. The molecule has 0 saturated carbocycles. The van der Waals surface area contributed by atoms with Gasteiger partial charge >= 0.3 is 0 Å². The van der Waals surface area contributed by atoms with Crippen LogP contribution in [-0.4, -0.2) is 11.8 Å². The molecule has 16 heavy (non-hydrogen) atoms. The minimum Gasteiger partial charge on any atom is -0.324 e. The summed E-state index contributed by atoms with van der Waals surface area (Å²) in [7, 11) is 0. The Labute approximate surface area is 105 Å². The third kappa shape index (κ3) is 3.72. The summed E-state index contributed by atoms with van der Waals surface area (Å²) in [4.78, 5) is 11.2. The van der Waals surface area contributed by atoms with Gasteiger partial charge in [-0.1, -0.05) is 0 Å². The van der Waals surface area contributed by atoms with Gasteiger partial charge < -0.3 is 5.32 Å². The van der Waals surface area contributed by atoms with Gasteiger partial charge in [-0.25, -0.2) is 8.78 Å². The van der Waals surface area contributed by atoms with Crippen LogP contribution in [0.2, 0.25) is 0 Å². The van der Waals surface area contributed by atoms with Crippen LogP contribution < -0.4 is 5.32 Å². The first-order valence-electron chi connectivity index (χ1n) is 4.55. The van der Waals surface area contributed by atoms with E-state index < -0.39 is 11.6 Å². The molecule has 1 rings (SSSR count). The molecule has 0 aromatic heterocycles. The van der Waals surface area contributed by atoms with Gasteiger partial charge in [-0.05, 0) is 28.4 Å². The van der Waals surface area contributed by atoms with Crippen LogP contribution in [0.5, 0.6) is 0 Å². The minimum atomic E-state index is -0.688. The molecule has 88 valence electrons. The molecule has 0 aliphatic carbocycles. The zero-order valence-corrected chi connectivity index (χ0v) is 10.5. The van der Waals surface area contributed by atoms with Crippen molar-refractivity contribution in [3.8, 4) is 0 Å². The second-order valence-corrected chi connectivity index (χ2v) is 4.32. The van der Waals surface area contributed by atoms with Crippen LogP contribution in [0.4, 0.5) is 14.5 Å². The number of hydrogen-bond donors (Lipinski definition) is 1. The van der Waals surface area contributed by atoms with Crippen molar-refractivity contribution < 1.29 is 13.6 Å². The summed E-state index contributed by atoms with van der Waals surface area (Å²) in [5, 5.41) is 2.28. The van der Waals surface area contributed by atoms with E-state index in [1.54, 1.807) is 0 Å². The Bertz CT molecular complexity index is 401. The minimum absolute atomic E-state index is 0.0174. The molecule has 0 fully saturated rings. The van der Waals surface area contributed by atoms with Gasteiger partial charge in [0.2, 0.25) is 5.91 Å². The Morgan fingerprint density at radius 2 is 2.06 bits per heavy atom. The maximum Gasteiger partial charge on any atom is 0.224 e. The number of halogens is 4. The van der Waals surface area contributed by atoms with Crippen LogP contribution in [-0.2, 0) is 4.79 Å². The van der Waals surface area contributed by atoms with Crippen LogP contribution >= 0.6 is 27.5 Å². The van der Waals surface area contributed by atoms with E-state index in [0.717, 1.165) is 12.1 Å². The summed E-state index contributed by atoms with van der Waals surface area (Å²) in [6, 6.07) is 1.89. The van der Waals surface area contributed by atoms with E-state index >= 15 is 0 Å². The monoisotopic (exact) mass is 311 g/mol. The smallest absolute Gasteiger partial charge is 0.224 e. The van der Waals surface area contributed by atoms with Gasteiger partial charge in [-0.2, -0.15) is 0 Å². The maximum atomic E-state index is 13.3. The fraction of sp³-hybridized carbons (Fsp3) is 0.300. The average Bonchev–Trinajstić information content (AvgIpc) is 2.23. The predicted octanol–water partition coefficient (Wildman–Crippen LogP) is 3.68. The largest absolute Gasteiger partial charge is 0.324 e. The lowest BCUT2D eigenvalue weighted by Crippen LogP contribution is -2.12. The van der Waals surface area contributed by atoms with Crippen molar-refractivity contribution in [3.63, 3.8) is 0 Å². The Balaban J connectivity index is 2.73. The molecular formula is C10H9BrClF2NO. The van der Waals surface area contributed by atoms with E-state index in [1.807, 2.05) is 0 Å². The predicted molar refractivity (Wildman–Crippen MR) is 62.6 cm³/mol. The maximum absolute atomic E-state index is 13.3. The van der Waals surface area contributed by atoms with Crippen molar-refractivity contribution in [2.45, 2.75) is 12.8 Å². The standard InChI is InChI=1S/C10H9BrClF2NO/c11-6-4-8(14)9(5-7(6)13)15-10(16)2-1-3-12/h4-5H,1-3H2,(H,15,16). The number of anilines is 1. The van der Waals surface area contributed by atoms with Gasteiger partial charge in [0.15, 0.2) is 0 Å². The quantitative estimate of drug-likeness (QED) is 0.667. The molecular weight excluding hydrogens is 303 g/mol. The number of carbonyl (C=O) groups excluding carboxylic acids is 1. The van der Waals surface area contributed by atoms with Gasteiger partial charge in [0.1, 0.15) is 11.6 Å². The number of nitrogens with one attached hydrogen (secondary N) is 1. The van der Waals surface area contributed by atoms with E-state index in [-0.39, 0.29) is 22.5 Å². The average molecular weight is 313 g/mol. The molecule has 6 heteroatoms. The highest BCUT2D eigenvalue weighted by atomic mass is 79.9. The Morgan fingerprint density at radius 3 is 2.69 bits per heavy atom. The molecule has 0 radical (unpaired) electrons. The number of amides is 1. The zero-order chi connectivity index (χ0) is 12.1. The molecule has 1 aromatic rings. The normalized spacial score (nSPS) is 10.2. The molecule has 0 saturated heterocycles. The summed E-state index contributed by atoms with van der Waals surface area (Å²) in [6.45, 7) is 0. The molecule has 0 aliphatic rings. The molecule has 0 aliphatic heterocycles. The molecule has 2 nitrogen and oxygen atoms in total. The topological polar surface area (TPSA) is 29.1 Å². The lowest BCUT2D eigenvalue weighted by atomic mass is 10.2. The summed E-state index contributed by atoms with van der Waals surface area (Å²) in [6.07, 6.45) is 0.675. The molecule has 1 amide bonds. The van der Waals surface area contributed by atoms with Crippen molar-refractivity contribution >= 4 is 39.1 Å². The second kappa shape index (κ2) is 6.15. The summed E-state index contributed by atoms with van der Waals surface area (Å²) in [5.74, 6) is -1.35. The van der Waals surface area contributed by atoms with Crippen LogP contribution in [0.25, 0.3) is 0 Å². The second-order valence-electron chi connectivity index (χ2n) is 3.09. The van der Waals surface area contributed by atoms with Crippen molar-refractivity contribution in [2.75, 3.05) is 11.2 Å².